The summed E-state index contributed by atoms with van der Waals surface area (Å²) in [6.45, 7) is 7.98. The highest BCUT2D eigenvalue weighted by Gasteiger charge is 2.25. The van der Waals surface area contributed by atoms with E-state index in [0.29, 0.717) is 23.0 Å². The van der Waals surface area contributed by atoms with Crippen LogP contribution in [0.2, 0.25) is 0 Å². The highest BCUT2D eigenvalue weighted by molar-refractivity contribution is 7.89. The van der Waals surface area contributed by atoms with E-state index in [-0.39, 0.29) is 13.2 Å². The molecule has 0 saturated carbocycles. The van der Waals surface area contributed by atoms with Crippen LogP contribution in [0.5, 0.6) is 5.75 Å². The second-order valence-corrected chi connectivity index (χ2v) is 9.50. The minimum atomic E-state index is -3.61. The van der Waals surface area contributed by atoms with E-state index in [4.69, 9.17) is 9.26 Å². The first-order valence-electron chi connectivity index (χ1n) is 9.72. The van der Waals surface area contributed by atoms with Gasteiger partial charge in [-0.15, -0.1) is 0 Å². The van der Waals surface area contributed by atoms with Gasteiger partial charge in [-0.25, -0.2) is 12.7 Å². The Labute approximate surface area is 177 Å². The first-order chi connectivity index (χ1) is 14.2. The quantitative estimate of drug-likeness (QED) is 0.542. The summed E-state index contributed by atoms with van der Waals surface area (Å²) >= 11 is 0. The average molecular weight is 430 g/mol. The van der Waals surface area contributed by atoms with E-state index >= 15 is 0 Å². The summed E-state index contributed by atoms with van der Waals surface area (Å²) in [5.41, 5.74) is 3.63. The van der Waals surface area contributed by atoms with Gasteiger partial charge in [0.05, 0.1) is 4.90 Å². The number of sulfonamides is 1. The van der Waals surface area contributed by atoms with Crippen LogP contribution in [0.3, 0.4) is 0 Å². The third kappa shape index (κ3) is 5.06. The lowest BCUT2D eigenvalue weighted by atomic mass is 10.1. The molecule has 0 aliphatic rings. The summed E-state index contributed by atoms with van der Waals surface area (Å²) in [6.07, 6.45) is 0.341. The molecule has 0 aliphatic carbocycles. The molecule has 3 rings (SSSR count). The van der Waals surface area contributed by atoms with Crippen LogP contribution in [0.4, 0.5) is 0 Å². The van der Waals surface area contributed by atoms with Crippen LogP contribution in [0.25, 0.3) is 0 Å². The predicted molar refractivity (Wildman–Crippen MR) is 114 cm³/mol. The maximum Gasteiger partial charge on any atom is 0.264 e. The largest absolute Gasteiger partial charge is 0.484 e. The Bertz CT molecular complexity index is 1120. The normalized spacial score (nSPS) is 11.8. The van der Waals surface area contributed by atoms with E-state index in [1.807, 2.05) is 64.1 Å². The number of benzene rings is 2. The molecule has 0 spiro atoms. The van der Waals surface area contributed by atoms with E-state index in [2.05, 4.69) is 10.1 Å². The zero-order valence-electron chi connectivity index (χ0n) is 18.0. The summed E-state index contributed by atoms with van der Waals surface area (Å²) in [5.74, 6) is 1.52. The number of rotatable bonds is 8. The monoisotopic (exact) mass is 429 g/mol. The van der Waals surface area contributed by atoms with Gasteiger partial charge >= 0.3 is 0 Å². The molecular formula is C22H27N3O4S. The Hall–Kier alpha value is -2.71. The molecule has 0 saturated heterocycles. The van der Waals surface area contributed by atoms with Crippen LogP contribution in [-0.4, -0.2) is 36.5 Å². The highest BCUT2D eigenvalue weighted by Crippen LogP contribution is 2.24. The number of aryl methyl sites for hydroxylation is 4. The zero-order chi connectivity index (χ0) is 21.9. The number of aromatic nitrogens is 2. The Morgan fingerprint density at radius 2 is 1.73 bits per heavy atom. The van der Waals surface area contributed by atoms with E-state index in [9.17, 15) is 8.42 Å². The number of hydrogen-bond donors (Lipinski definition) is 0. The fourth-order valence-corrected chi connectivity index (χ4v) is 4.98. The minimum Gasteiger partial charge on any atom is -0.484 e. The van der Waals surface area contributed by atoms with Gasteiger partial charge in [-0.1, -0.05) is 35.0 Å². The summed E-state index contributed by atoms with van der Waals surface area (Å²) in [4.78, 5) is 4.65. The summed E-state index contributed by atoms with van der Waals surface area (Å²) in [5, 5.41) is 3.93. The summed E-state index contributed by atoms with van der Waals surface area (Å²) < 4.78 is 38.3. The smallest absolute Gasteiger partial charge is 0.264 e. The van der Waals surface area contributed by atoms with Gasteiger partial charge in [-0.3, -0.25) is 0 Å². The van der Waals surface area contributed by atoms with E-state index < -0.39 is 10.0 Å². The van der Waals surface area contributed by atoms with Crippen LogP contribution in [0.1, 0.15) is 34.0 Å². The fraction of sp³-hybridized carbons (Fsp3) is 0.364. The van der Waals surface area contributed by atoms with Gasteiger partial charge in [0.25, 0.3) is 5.89 Å². The first kappa shape index (κ1) is 22.0. The molecule has 0 atom stereocenters. The lowest BCUT2D eigenvalue weighted by Crippen LogP contribution is -2.30. The standard InChI is InChI=1S/C22H27N3O4S/c1-15-7-6-8-19(13-15)28-14-21-23-20(24-29-21)9-10-25(5)30(26,27)22-17(3)11-16(2)12-18(22)4/h6-8,11-13H,9-10,14H2,1-5H3. The van der Waals surface area contributed by atoms with Crippen molar-refractivity contribution in [3.05, 3.63) is 70.4 Å². The van der Waals surface area contributed by atoms with Crippen molar-refractivity contribution >= 4 is 10.0 Å². The molecule has 1 heterocycles. The molecule has 0 radical (unpaired) electrons. The van der Waals surface area contributed by atoms with Gasteiger partial charge in [0, 0.05) is 20.0 Å². The molecule has 7 nitrogen and oxygen atoms in total. The maximum absolute atomic E-state index is 13.0. The predicted octanol–water partition coefficient (Wildman–Crippen LogP) is 3.75. The third-order valence-electron chi connectivity index (χ3n) is 4.79. The lowest BCUT2D eigenvalue weighted by molar-refractivity contribution is 0.242. The zero-order valence-corrected chi connectivity index (χ0v) is 18.8. The van der Waals surface area contributed by atoms with Crippen LogP contribution >= 0.6 is 0 Å². The molecule has 8 heteroatoms. The van der Waals surface area contributed by atoms with Gasteiger partial charge in [0.1, 0.15) is 5.75 Å². The molecule has 0 fully saturated rings. The molecule has 160 valence electrons. The second kappa shape index (κ2) is 8.97. The van der Waals surface area contributed by atoms with Gasteiger partial charge in [-0.05, 0) is 56.5 Å². The van der Waals surface area contributed by atoms with Crippen molar-refractivity contribution in [2.24, 2.45) is 0 Å². The lowest BCUT2D eigenvalue weighted by Gasteiger charge is -2.20. The van der Waals surface area contributed by atoms with E-state index in [0.717, 1.165) is 28.0 Å². The number of ether oxygens (including phenoxy) is 1. The molecule has 3 aromatic rings. The summed E-state index contributed by atoms with van der Waals surface area (Å²) in [6, 6.07) is 11.5. The number of nitrogens with zero attached hydrogens (tertiary/aromatic N) is 3. The van der Waals surface area contributed by atoms with E-state index in [1.54, 1.807) is 7.05 Å². The Morgan fingerprint density at radius 3 is 2.40 bits per heavy atom. The van der Waals surface area contributed by atoms with Crippen molar-refractivity contribution in [1.29, 1.82) is 0 Å². The number of hydrogen-bond acceptors (Lipinski definition) is 6. The molecule has 0 bridgehead atoms. The third-order valence-corrected chi connectivity index (χ3v) is 6.95. The molecule has 0 N–H and O–H groups in total. The van der Waals surface area contributed by atoms with Crippen LogP contribution < -0.4 is 4.74 Å². The highest BCUT2D eigenvalue weighted by atomic mass is 32.2. The SMILES string of the molecule is Cc1cccc(OCc2nc(CCN(C)S(=O)(=O)c3c(C)cc(C)cc3C)no2)c1. The Balaban J connectivity index is 1.62. The Kier molecular flexibility index (Phi) is 6.58. The maximum atomic E-state index is 13.0. The number of likely N-dealkylation sites (N-methyl/N-ethyl adjacent to an activating group) is 1. The molecule has 30 heavy (non-hydrogen) atoms. The topological polar surface area (TPSA) is 85.5 Å². The second-order valence-electron chi connectivity index (χ2n) is 7.51. The van der Waals surface area contributed by atoms with Crippen LogP contribution in [0, 0.1) is 27.7 Å². The van der Waals surface area contributed by atoms with Crippen LogP contribution in [-0.2, 0) is 23.1 Å². The van der Waals surface area contributed by atoms with Crippen molar-refractivity contribution in [2.75, 3.05) is 13.6 Å². The molecular weight excluding hydrogens is 402 g/mol. The van der Waals surface area contributed by atoms with Crippen molar-refractivity contribution < 1.29 is 17.7 Å². The summed E-state index contributed by atoms with van der Waals surface area (Å²) in [7, 11) is -2.04. The first-order valence-corrected chi connectivity index (χ1v) is 11.2. The fourth-order valence-electron chi connectivity index (χ4n) is 3.41. The van der Waals surface area contributed by atoms with Crippen molar-refractivity contribution in [3.8, 4) is 5.75 Å². The molecule has 2 aromatic carbocycles. The van der Waals surface area contributed by atoms with E-state index in [1.165, 1.54) is 4.31 Å². The van der Waals surface area contributed by atoms with Gasteiger partial charge in [0.15, 0.2) is 12.4 Å². The van der Waals surface area contributed by atoms with Crippen molar-refractivity contribution in [3.63, 3.8) is 0 Å². The Morgan fingerprint density at radius 1 is 1.03 bits per heavy atom. The minimum absolute atomic E-state index is 0.159. The van der Waals surface area contributed by atoms with Crippen LogP contribution in [0.15, 0.2) is 45.8 Å². The van der Waals surface area contributed by atoms with Gasteiger partial charge in [0.2, 0.25) is 10.0 Å². The van der Waals surface area contributed by atoms with Crippen molar-refractivity contribution in [2.45, 2.75) is 45.6 Å². The van der Waals surface area contributed by atoms with Gasteiger partial charge in [-0.2, -0.15) is 4.98 Å². The molecule has 0 unspecified atom stereocenters. The average Bonchev–Trinajstić information content (AvgIpc) is 3.11. The molecule has 0 aliphatic heterocycles. The van der Waals surface area contributed by atoms with Crippen molar-refractivity contribution in [1.82, 2.24) is 14.4 Å². The molecule has 0 amide bonds. The molecule has 1 aromatic heterocycles. The van der Waals surface area contributed by atoms with Gasteiger partial charge < -0.3 is 9.26 Å².